The molecular weight excluding hydrogens is 484 g/mol. The van der Waals surface area contributed by atoms with Crippen molar-refractivity contribution in [2.24, 2.45) is 0 Å². The van der Waals surface area contributed by atoms with Crippen LogP contribution in [0.25, 0.3) is 15.5 Å². The van der Waals surface area contributed by atoms with Gasteiger partial charge in [0.2, 0.25) is 15.0 Å². The van der Waals surface area contributed by atoms with E-state index in [1.807, 2.05) is 4.90 Å². The third kappa shape index (κ3) is 4.49. The second-order valence-corrected chi connectivity index (χ2v) is 10.7. The van der Waals surface area contributed by atoms with E-state index in [1.54, 1.807) is 12.1 Å². The maximum Gasteiger partial charge on any atom is 0.275 e. The Morgan fingerprint density at radius 3 is 2.38 bits per heavy atom. The van der Waals surface area contributed by atoms with Gasteiger partial charge in [-0.25, -0.2) is 22.2 Å². The SMILES string of the molecule is O=c1cc(CN2CCN(S(=O)(=O)c3ccc(F)cc3)CC2)nc2sc(-c3cccc(F)c3)nn12. The minimum Gasteiger partial charge on any atom is -0.295 e. The number of nitrogens with zero attached hydrogens (tertiary/aromatic N) is 5. The van der Waals surface area contributed by atoms with E-state index in [1.165, 1.54) is 50.5 Å². The molecule has 4 aromatic rings. The molecule has 0 unspecified atom stereocenters. The van der Waals surface area contributed by atoms with E-state index in [9.17, 15) is 22.0 Å². The third-order valence-corrected chi connectivity index (χ3v) is 8.41. The lowest BCUT2D eigenvalue weighted by molar-refractivity contribution is 0.180. The van der Waals surface area contributed by atoms with Crippen LogP contribution in [-0.2, 0) is 16.6 Å². The number of rotatable bonds is 5. The molecule has 0 bridgehead atoms. The fraction of sp³-hybridized carbons (Fsp3) is 0.227. The first-order valence-electron chi connectivity index (χ1n) is 10.4. The van der Waals surface area contributed by atoms with Crippen LogP contribution in [0.15, 0.2) is 64.3 Å². The van der Waals surface area contributed by atoms with E-state index in [4.69, 9.17) is 0 Å². The molecule has 2 aromatic carbocycles. The van der Waals surface area contributed by atoms with Gasteiger partial charge >= 0.3 is 0 Å². The zero-order valence-electron chi connectivity index (χ0n) is 17.8. The van der Waals surface area contributed by atoms with Gasteiger partial charge in [-0.3, -0.25) is 9.69 Å². The molecule has 1 aliphatic heterocycles. The molecule has 8 nitrogen and oxygen atoms in total. The summed E-state index contributed by atoms with van der Waals surface area (Å²) in [5.41, 5.74) is 0.778. The van der Waals surface area contributed by atoms with Crippen LogP contribution in [0.3, 0.4) is 0 Å². The number of aromatic nitrogens is 3. The number of sulfonamides is 1. The molecule has 0 radical (unpaired) electrons. The monoisotopic (exact) mass is 503 g/mol. The van der Waals surface area contributed by atoms with Crippen LogP contribution in [0.1, 0.15) is 5.69 Å². The van der Waals surface area contributed by atoms with Crippen LogP contribution in [0, 0.1) is 11.6 Å². The second-order valence-electron chi connectivity index (χ2n) is 7.83. The maximum atomic E-state index is 13.6. The van der Waals surface area contributed by atoms with Gasteiger partial charge in [0.1, 0.15) is 16.6 Å². The summed E-state index contributed by atoms with van der Waals surface area (Å²) in [5.74, 6) is -0.883. The lowest BCUT2D eigenvalue weighted by Crippen LogP contribution is -2.48. The van der Waals surface area contributed by atoms with E-state index in [2.05, 4.69) is 10.1 Å². The number of halogens is 2. The fourth-order valence-electron chi connectivity index (χ4n) is 3.79. The Balaban J connectivity index is 1.30. The lowest BCUT2D eigenvalue weighted by atomic mass is 10.2. The summed E-state index contributed by atoms with van der Waals surface area (Å²) in [6.45, 7) is 1.83. The maximum absolute atomic E-state index is 13.6. The van der Waals surface area contributed by atoms with Crippen LogP contribution in [0.4, 0.5) is 8.78 Å². The van der Waals surface area contributed by atoms with Crippen LogP contribution in [0.2, 0.25) is 0 Å². The van der Waals surface area contributed by atoms with Crippen LogP contribution >= 0.6 is 11.3 Å². The van der Waals surface area contributed by atoms with Crippen molar-refractivity contribution in [2.75, 3.05) is 26.2 Å². The molecule has 5 rings (SSSR count). The van der Waals surface area contributed by atoms with Crippen molar-refractivity contribution in [3.05, 3.63) is 82.3 Å². The van der Waals surface area contributed by atoms with Crippen molar-refractivity contribution in [3.8, 4) is 10.6 Å². The van der Waals surface area contributed by atoms with Gasteiger partial charge in [-0.1, -0.05) is 23.5 Å². The van der Waals surface area contributed by atoms with Crippen molar-refractivity contribution in [1.29, 1.82) is 0 Å². The highest BCUT2D eigenvalue weighted by atomic mass is 32.2. The zero-order chi connectivity index (χ0) is 23.9. The van der Waals surface area contributed by atoms with E-state index in [0.29, 0.717) is 40.9 Å². The van der Waals surface area contributed by atoms with Crippen molar-refractivity contribution in [3.63, 3.8) is 0 Å². The molecule has 2 aromatic heterocycles. The summed E-state index contributed by atoms with van der Waals surface area (Å²) in [4.78, 5) is 19.6. The number of piperazine rings is 1. The summed E-state index contributed by atoms with van der Waals surface area (Å²) < 4.78 is 54.9. The molecular formula is C22H19F2N5O3S2. The summed E-state index contributed by atoms with van der Waals surface area (Å²) >= 11 is 1.19. The third-order valence-electron chi connectivity index (χ3n) is 5.54. The highest BCUT2D eigenvalue weighted by Gasteiger charge is 2.28. The molecule has 0 saturated carbocycles. The minimum absolute atomic E-state index is 0.0572. The Morgan fingerprint density at radius 2 is 1.68 bits per heavy atom. The number of fused-ring (bicyclic) bond motifs is 1. The first-order valence-corrected chi connectivity index (χ1v) is 12.7. The number of hydrogen-bond donors (Lipinski definition) is 0. The number of hydrogen-bond acceptors (Lipinski definition) is 7. The van der Waals surface area contributed by atoms with Crippen LogP contribution in [0.5, 0.6) is 0 Å². The average molecular weight is 504 g/mol. The first kappa shape index (κ1) is 22.7. The molecule has 176 valence electrons. The van der Waals surface area contributed by atoms with Crippen molar-refractivity contribution in [1.82, 2.24) is 23.8 Å². The van der Waals surface area contributed by atoms with E-state index in [0.717, 1.165) is 12.1 Å². The topological polar surface area (TPSA) is 87.9 Å². The molecule has 1 saturated heterocycles. The summed E-state index contributed by atoms with van der Waals surface area (Å²) in [6, 6.07) is 12.2. The smallest absolute Gasteiger partial charge is 0.275 e. The normalized spacial score (nSPS) is 15.7. The van der Waals surface area contributed by atoms with Gasteiger partial charge in [0.15, 0.2) is 0 Å². The molecule has 0 N–H and O–H groups in total. The zero-order valence-corrected chi connectivity index (χ0v) is 19.4. The van der Waals surface area contributed by atoms with Crippen LogP contribution < -0.4 is 5.56 Å². The standard InChI is InChI=1S/C22H19F2N5O3S2/c23-16-4-6-19(7-5-16)34(31,32)28-10-8-27(9-11-28)14-18-13-20(30)29-22(25-18)33-21(26-29)15-2-1-3-17(24)12-15/h1-7,12-13H,8-11,14H2. The molecule has 0 atom stereocenters. The van der Waals surface area contributed by atoms with Gasteiger partial charge in [0.05, 0.1) is 10.6 Å². The first-order chi connectivity index (χ1) is 16.3. The Labute approximate surface area is 197 Å². The number of benzene rings is 2. The Bertz CT molecular complexity index is 1510. The summed E-state index contributed by atoms with van der Waals surface area (Å²) in [6.07, 6.45) is 0. The Kier molecular flexibility index (Phi) is 5.98. The van der Waals surface area contributed by atoms with Gasteiger partial charge in [-0.15, -0.1) is 0 Å². The quantitative estimate of drug-likeness (QED) is 0.416. The van der Waals surface area contributed by atoms with Gasteiger partial charge in [-0.2, -0.15) is 13.9 Å². The molecule has 3 heterocycles. The van der Waals surface area contributed by atoms with Crippen molar-refractivity contribution < 1.29 is 17.2 Å². The fourth-order valence-corrected chi connectivity index (χ4v) is 6.13. The molecule has 12 heteroatoms. The van der Waals surface area contributed by atoms with Crippen LogP contribution in [-0.4, -0.2) is 58.4 Å². The Morgan fingerprint density at radius 1 is 0.941 bits per heavy atom. The van der Waals surface area contributed by atoms with E-state index >= 15 is 0 Å². The molecule has 0 aliphatic carbocycles. The highest BCUT2D eigenvalue weighted by Crippen LogP contribution is 2.25. The van der Waals surface area contributed by atoms with Gasteiger partial charge in [0, 0.05) is 44.4 Å². The van der Waals surface area contributed by atoms with Gasteiger partial charge in [-0.05, 0) is 36.4 Å². The average Bonchev–Trinajstić information content (AvgIpc) is 3.25. The predicted molar refractivity (Wildman–Crippen MR) is 123 cm³/mol. The summed E-state index contributed by atoms with van der Waals surface area (Å²) in [7, 11) is -3.70. The highest BCUT2D eigenvalue weighted by molar-refractivity contribution is 7.89. The van der Waals surface area contributed by atoms with E-state index < -0.39 is 21.7 Å². The second kappa shape index (κ2) is 8.95. The molecule has 34 heavy (non-hydrogen) atoms. The van der Waals surface area contributed by atoms with Crippen molar-refractivity contribution in [2.45, 2.75) is 11.4 Å². The van der Waals surface area contributed by atoms with E-state index in [-0.39, 0.29) is 23.5 Å². The summed E-state index contributed by atoms with van der Waals surface area (Å²) in [5, 5.41) is 4.75. The molecule has 1 fully saturated rings. The van der Waals surface area contributed by atoms with Gasteiger partial charge < -0.3 is 0 Å². The molecule has 0 amide bonds. The molecule has 0 spiro atoms. The largest absolute Gasteiger partial charge is 0.295 e. The molecule has 1 aliphatic rings. The predicted octanol–water partition coefficient (Wildman–Crippen LogP) is 2.60. The van der Waals surface area contributed by atoms with Gasteiger partial charge in [0.25, 0.3) is 5.56 Å². The Hall–Kier alpha value is -3.06. The minimum atomic E-state index is -3.70. The lowest BCUT2D eigenvalue weighted by Gasteiger charge is -2.33. The van der Waals surface area contributed by atoms with Crippen molar-refractivity contribution >= 4 is 26.3 Å².